The molecule has 1 amide bonds. The Morgan fingerprint density at radius 1 is 1.35 bits per heavy atom. The molecule has 3 rings (SSSR count). The summed E-state index contributed by atoms with van der Waals surface area (Å²) in [5, 5.41) is 5.63. The number of halogens is 1. The quantitative estimate of drug-likeness (QED) is 0.637. The lowest BCUT2D eigenvalue weighted by Crippen LogP contribution is -2.26. The van der Waals surface area contributed by atoms with E-state index in [2.05, 4.69) is 38.0 Å². The van der Waals surface area contributed by atoms with Gasteiger partial charge in [0.25, 0.3) is 5.56 Å². The molecule has 0 aliphatic rings. The van der Waals surface area contributed by atoms with Crippen molar-refractivity contribution in [3.8, 4) is 0 Å². The maximum atomic E-state index is 12.4. The van der Waals surface area contributed by atoms with Crippen LogP contribution < -0.4 is 10.9 Å². The Morgan fingerprint density at radius 3 is 2.87 bits per heavy atom. The number of aromatic amines is 1. The van der Waals surface area contributed by atoms with E-state index in [0.29, 0.717) is 16.9 Å². The third-order valence-electron chi connectivity index (χ3n) is 3.64. The van der Waals surface area contributed by atoms with E-state index in [4.69, 9.17) is 0 Å². The highest BCUT2D eigenvalue weighted by Gasteiger charge is 2.14. The number of amides is 1. The minimum atomic E-state index is -0.244. The molecule has 0 aliphatic heterocycles. The van der Waals surface area contributed by atoms with Crippen LogP contribution in [-0.2, 0) is 11.2 Å². The Hall–Kier alpha value is -2.16. The summed E-state index contributed by atoms with van der Waals surface area (Å²) in [7, 11) is 0. The second-order valence-corrected chi connectivity index (χ2v) is 6.49. The molecule has 0 fully saturated rings. The van der Waals surface area contributed by atoms with Gasteiger partial charge in [-0.15, -0.1) is 0 Å². The number of carbonyl (C=O) groups excluding carboxylic acids is 1. The first-order valence-electron chi connectivity index (χ1n) is 7.07. The van der Waals surface area contributed by atoms with E-state index >= 15 is 0 Å². The molecular weight excluding hydrogens is 407 g/mol. The molecule has 3 aromatic rings. The number of nitrogens with zero attached hydrogens (tertiary/aromatic N) is 2. The van der Waals surface area contributed by atoms with Gasteiger partial charge < -0.3 is 5.32 Å². The Bertz CT molecular complexity index is 958. The van der Waals surface area contributed by atoms with E-state index < -0.39 is 0 Å². The van der Waals surface area contributed by atoms with Crippen LogP contribution in [0.5, 0.6) is 0 Å². The maximum absolute atomic E-state index is 12.4. The third kappa shape index (κ3) is 3.14. The lowest BCUT2D eigenvalue weighted by atomic mass is 10.1. The zero-order valence-corrected chi connectivity index (χ0v) is 14.8. The van der Waals surface area contributed by atoms with Gasteiger partial charge in [-0.2, -0.15) is 0 Å². The minimum absolute atomic E-state index is 0.00984. The van der Waals surface area contributed by atoms with Crippen molar-refractivity contribution in [1.82, 2.24) is 14.6 Å². The van der Waals surface area contributed by atoms with E-state index in [1.165, 1.54) is 4.52 Å². The number of rotatable bonds is 3. The van der Waals surface area contributed by atoms with Crippen molar-refractivity contribution in [2.45, 2.75) is 20.3 Å². The smallest absolute Gasteiger partial charge is 0.276 e. The fourth-order valence-electron chi connectivity index (χ4n) is 2.35. The first kappa shape index (κ1) is 15.7. The van der Waals surface area contributed by atoms with Gasteiger partial charge in [0.1, 0.15) is 0 Å². The standard InChI is InChI=1S/C16H15IN4O2/c1-9-3-4-11(7-13(9)17)20-15(22)8-12-10(2)19-14-5-6-18-21(14)16(12)23/h3-7,18H,8H2,1-2H3,(H,20,22). The van der Waals surface area contributed by atoms with Gasteiger partial charge in [0, 0.05) is 32.8 Å². The zero-order valence-electron chi connectivity index (χ0n) is 12.7. The first-order valence-corrected chi connectivity index (χ1v) is 8.15. The van der Waals surface area contributed by atoms with Crippen LogP contribution in [0, 0.1) is 17.4 Å². The van der Waals surface area contributed by atoms with Gasteiger partial charge in [-0.25, -0.2) is 9.50 Å². The highest BCUT2D eigenvalue weighted by Crippen LogP contribution is 2.17. The molecule has 118 valence electrons. The van der Waals surface area contributed by atoms with Gasteiger partial charge in [-0.1, -0.05) is 6.07 Å². The molecule has 0 bridgehead atoms. The molecule has 6 nitrogen and oxygen atoms in total. The predicted molar refractivity (Wildman–Crippen MR) is 96.8 cm³/mol. The van der Waals surface area contributed by atoms with Crippen LogP contribution in [0.1, 0.15) is 16.8 Å². The molecule has 0 saturated carbocycles. The van der Waals surface area contributed by atoms with E-state index in [0.717, 1.165) is 14.8 Å². The van der Waals surface area contributed by atoms with Crippen LogP contribution in [0.25, 0.3) is 5.65 Å². The van der Waals surface area contributed by atoms with Crippen LogP contribution in [-0.4, -0.2) is 20.5 Å². The molecular formula is C16H15IN4O2. The molecule has 0 aliphatic carbocycles. The molecule has 0 unspecified atom stereocenters. The summed E-state index contributed by atoms with van der Waals surface area (Å²) in [4.78, 5) is 29.0. The number of aryl methyl sites for hydroxylation is 2. The fourth-order valence-corrected chi connectivity index (χ4v) is 2.86. The van der Waals surface area contributed by atoms with E-state index in [-0.39, 0.29) is 17.9 Å². The summed E-state index contributed by atoms with van der Waals surface area (Å²) in [5.74, 6) is -0.238. The number of nitrogens with one attached hydrogen (secondary N) is 2. The maximum Gasteiger partial charge on any atom is 0.276 e. The summed E-state index contributed by atoms with van der Waals surface area (Å²) in [6.07, 6.45) is 1.63. The second kappa shape index (κ2) is 6.15. The van der Waals surface area contributed by atoms with Crippen molar-refractivity contribution < 1.29 is 4.79 Å². The molecule has 2 heterocycles. The van der Waals surface area contributed by atoms with E-state index in [9.17, 15) is 9.59 Å². The predicted octanol–water partition coefficient (Wildman–Crippen LogP) is 2.43. The zero-order chi connectivity index (χ0) is 16.6. The Balaban J connectivity index is 1.85. The number of hydrogen-bond acceptors (Lipinski definition) is 3. The van der Waals surface area contributed by atoms with Crippen LogP contribution >= 0.6 is 22.6 Å². The second-order valence-electron chi connectivity index (χ2n) is 5.33. The Morgan fingerprint density at radius 2 is 2.13 bits per heavy atom. The number of aromatic nitrogens is 3. The Kier molecular flexibility index (Phi) is 4.20. The largest absolute Gasteiger partial charge is 0.326 e. The molecule has 2 aromatic heterocycles. The molecule has 0 atom stereocenters. The highest BCUT2D eigenvalue weighted by atomic mass is 127. The van der Waals surface area contributed by atoms with Crippen molar-refractivity contribution in [1.29, 1.82) is 0 Å². The number of benzene rings is 1. The fraction of sp³-hybridized carbons (Fsp3) is 0.188. The molecule has 0 spiro atoms. The molecule has 7 heteroatoms. The summed E-state index contributed by atoms with van der Waals surface area (Å²) >= 11 is 2.22. The number of hydrogen-bond donors (Lipinski definition) is 2. The normalized spacial score (nSPS) is 10.9. The number of H-pyrrole nitrogens is 1. The lowest BCUT2D eigenvalue weighted by molar-refractivity contribution is -0.115. The SMILES string of the molecule is Cc1ccc(NC(=O)Cc2c(C)nc3cc[nH]n3c2=O)cc1I. The summed E-state index contributed by atoms with van der Waals surface area (Å²) in [5.41, 5.74) is 3.14. The monoisotopic (exact) mass is 422 g/mol. The number of carbonyl (C=O) groups is 1. The van der Waals surface area contributed by atoms with Crippen molar-refractivity contribution in [2.24, 2.45) is 0 Å². The van der Waals surface area contributed by atoms with Crippen LogP contribution in [0.15, 0.2) is 35.3 Å². The van der Waals surface area contributed by atoms with E-state index in [1.54, 1.807) is 19.2 Å². The highest BCUT2D eigenvalue weighted by molar-refractivity contribution is 14.1. The summed E-state index contributed by atoms with van der Waals surface area (Å²) in [6.45, 7) is 3.75. The molecule has 0 radical (unpaired) electrons. The van der Waals surface area contributed by atoms with Gasteiger partial charge >= 0.3 is 0 Å². The van der Waals surface area contributed by atoms with Crippen molar-refractivity contribution in [2.75, 3.05) is 5.32 Å². The molecule has 2 N–H and O–H groups in total. The average molecular weight is 422 g/mol. The Labute approximate surface area is 146 Å². The van der Waals surface area contributed by atoms with Crippen molar-refractivity contribution in [3.05, 3.63) is 61.2 Å². The van der Waals surface area contributed by atoms with Gasteiger partial charge in [0.05, 0.1) is 6.42 Å². The summed E-state index contributed by atoms with van der Waals surface area (Å²) < 4.78 is 2.41. The van der Waals surface area contributed by atoms with Crippen molar-refractivity contribution >= 4 is 39.8 Å². The topological polar surface area (TPSA) is 79.3 Å². The van der Waals surface area contributed by atoms with Crippen LogP contribution in [0.2, 0.25) is 0 Å². The molecule has 0 saturated heterocycles. The van der Waals surface area contributed by atoms with Gasteiger partial charge in [-0.3, -0.25) is 14.7 Å². The van der Waals surface area contributed by atoms with Gasteiger partial charge in [-0.05, 0) is 54.1 Å². The molecule has 1 aromatic carbocycles. The number of anilines is 1. The molecule has 23 heavy (non-hydrogen) atoms. The average Bonchev–Trinajstić information content (AvgIpc) is 2.95. The lowest BCUT2D eigenvalue weighted by Gasteiger charge is -2.08. The first-order chi connectivity index (χ1) is 11.0. The summed E-state index contributed by atoms with van der Waals surface area (Å²) in [6, 6.07) is 7.41. The third-order valence-corrected chi connectivity index (χ3v) is 4.80. The van der Waals surface area contributed by atoms with Gasteiger partial charge in [0.15, 0.2) is 5.65 Å². The van der Waals surface area contributed by atoms with Gasteiger partial charge in [0.2, 0.25) is 5.91 Å². The number of fused-ring (bicyclic) bond motifs is 1. The van der Waals surface area contributed by atoms with Crippen molar-refractivity contribution in [3.63, 3.8) is 0 Å². The van der Waals surface area contributed by atoms with Crippen LogP contribution in [0.3, 0.4) is 0 Å². The van der Waals surface area contributed by atoms with E-state index in [1.807, 2.05) is 25.1 Å². The minimum Gasteiger partial charge on any atom is -0.326 e. The van der Waals surface area contributed by atoms with Crippen LogP contribution in [0.4, 0.5) is 5.69 Å².